The molecule has 2 atom stereocenters. The van der Waals surface area contributed by atoms with Gasteiger partial charge in [0.2, 0.25) is 5.91 Å². The number of hydrogen-bond donors (Lipinski definition) is 2. The molecular formula is C20H20N4O5. The minimum Gasteiger partial charge on any atom is -0.490 e. The van der Waals surface area contributed by atoms with Crippen LogP contribution >= 0.6 is 0 Å². The number of hydrazone groups is 1. The van der Waals surface area contributed by atoms with Crippen LogP contribution in [0.4, 0.5) is 5.69 Å². The fourth-order valence-electron chi connectivity index (χ4n) is 3.26. The highest BCUT2D eigenvalue weighted by atomic mass is 16.6. The number of ether oxygens (including phenoxy) is 1. The molecule has 2 amide bonds. The van der Waals surface area contributed by atoms with E-state index in [2.05, 4.69) is 15.8 Å². The van der Waals surface area contributed by atoms with E-state index in [0.29, 0.717) is 17.8 Å². The summed E-state index contributed by atoms with van der Waals surface area (Å²) >= 11 is 0. The molecule has 29 heavy (non-hydrogen) atoms. The number of carbonyl (C=O) groups is 2. The number of nitro groups is 1. The molecule has 0 spiro atoms. The summed E-state index contributed by atoms with van der Waals surface area (Å²) < 4.78 is 4.98. The van der Waals surface area contributed by atoms with Crippen LogP contribution in [0.5, 0.6) is 5.75 Å². The first-order valence-corrected chi connectivity index (χ1v) is 8.92. The molecule has 2 N–H and O–H groups in total. The Morgan fingerprint density at radius 1 is 1.28 bits per heavy atom. The summed E-state index contributed by atoms with van der Waals surface area (Å²) in [7, 11) is 1.35. The lowest BCUT2D eigenvalue weighted by Crippen LogP contribution is -2.35. The van der Waals surface area contributed by atoms with Crippen molar-refractivity contribution in [3.8, 4) is 5.75 Å². The third-order valence-corrected chi connectivity index (χ3v) is 4.82. The normalized spacial score (nSPS) is 18.8. The van der Waals surface area contributed by atoms with Gasteiger partial charge >= 0.3 is 5.69 Å². The summed E-state index contributed by atoms with van der Waals surface area (Å²) in [6.45, 7) is 1.98. The quantitative estimate of drug-likeness (QED) is 0.334. The van der Waals surface area contributed by atoms with Crippen LogP contribution in [0.15, 0.2) is 53.6 Å². The lowest BCUT2D eigenvalue weighted by molar-refractivity contribution is -0.385. The summed E-state index contributed by atoms with van der Waals surface area (Å²) in [5.41, 5.74) is 3.91. The standard InChI is InChI=1S/C20H20N4O5/c1-12(14-8-9-17(29-2)16(10-14)24(27)28)22-23-20(26)18-15(11-21-19(18)25)13-6-4-3-5-7-13/h3-10,15,18H,11H2,1-2H3,(H,21,25)(H,23,26)/t15-,18+/m1/s1. The topological polar surface area (TPSA) is 123 Å². The molecule has 1 heterocycles. The third kappa shape index (κ3) is 4.23. The van der Waals surface area contributed by atoms with Gasteiger partial charge in [-0.2, -0.15) is 5.10 Å². The van der Waals surface area contributed by atoms with E-state index in [1.165, 1.54) is 19.2 Å². The molecule has 1 fully saturated rings. The first-order chi connectivity index (χ1) is 13.9. The number of nitrogens with zero attached hydrogens (tertiary/aromatic N) is 2. The largest absolute Gasteiger partial charge is 0.490 e. The molecule has 1 aliphatic heterocycles. The van der Waals surface area contributed by atoms with Gasteiger partial charge in [-0.3, -0.25) is 19.7 Å². The number of amides is 2. The van der Waals surface area contributed by atoms with Crippen molar-refractivity contribution < 1.29 is 19.2 Å². The van der Waals surface area contributed by atoms with Crippen molar-refractivity contribution in [3.63, 3.8) is 0 Å². The summed E-state index contributed by atoms with van der Waals surface area (Å²) in [5, 5.41) is 17.9. The summed E-state index contributed by atoms with van der Waals surface area (Å²) in [6.07, 6.45) is 0. The Morgan fingerprint density at radius 2 is 2.00 bits per heavy atom. The molecule has 0 saturated carbocycles. The van der Waals surface area contributed by atoms with E-state index in [0.717, 1.165) is 5.56 Å². The van der Waals surface area contributed by atoms with Gasteiger partial charge in [0.15, 0.2) is 5.75 Å². The summed E-state index contributed by atoms with van der Waals surface area (Å²) in [5.74, 6) is -1.95. The molecule has 150 valence electrons. The van der Waals surface area contributed by atoms with Crippen LogP contribution in [0.2, 0.25) is 0 Å². The van der Waals surface area contributed by atoms with E-state index >= 15 is 0 Å². The van der Waals surface area contributed by atoms with Gasteiger partial charge in [0.1, 0.15) is 5.92 Å². The molecule has 0 aromatic heterocycles. The molecular weight excluding hydrogens is 376 g/mol. The monoisotopic (exact) mass is 396 g/mol. The molecule has 9 heteroatoms. The third-order valence-electron chi connectivity index (χ3n) is 4.82. The van der Waals surface area contributed by atoms with Gasteiger partial charge in [-0.25, -0.2) is 5.43 Å². The number of nitro benzene ring substituents is 1. The van der Waals surface area contributed by atoms with Crippen LogP contribution < -0.4 is 15.5 Å². The zero-order valence-electron chi connectivity index (χ0n) is 15.9. The van der Waals surface area contributed by atoms with Crippen LogP contribution in [0.1, 0.15) is 24.0 Å². The maximum absolute atomic E-state index is 12.6. The first kappa shape index (κ1) is 20.0. The van der Waals surface area contributed by atoms with Crippen molar-refractivity contribution in [1.29, 1.82) is 0 Å². The highest BCUT2D eigenvalue weighted by Crippen LogP contribution is 2.29. The Hall–Kier alpha value is -3.75. The Bertz CT molecular complexity index is 974. The lowest BCUT2D eigenvalue weighted by atomic mass is 9.88. The van der Waals surface area contributed by atoms with E-state index in [9.17, 15) is 19.7 Å². The van der Waals surface area contributed by atoms with Gasteiger partial charge in [-0.05, 0) is 24.6 Å². The zero-order valence-corrected chi connectivity index (χ0v) is 15.9. The summed E-state index contributed by atoms with van der Waals surface area (Å²) in [6, 6.07) is 13.7. The molecule has 1 saturated heterocycles. The smallest absolute Gasteiger partial charge is 0.311 e. The second-order valence-electron chi connectivity index (χ2n) is 6.56. The molecule has 0 radical (unpaired) electrons. The van der Waals surface area contributed by atoms with Gasteiger partial charge in [0, 0.05) is 24.1 Å². The SMILES string of the molecule is COc1ccc(C(C)=NNC(=O)[C@@H]2C(=O)NC[C@@H]2c2ccccc2)cc1[N+](=O)[O-]. The molecule has 1 aliphatic rings. The molecule has 0 unspecified atom stereocenters. The molecule has 2 aromatic carbocycles. The van der Waals surface area contributed by atoms with E-state index < -0.39 is 16.7 Å². The summed E-state index contributed by atoms with van der Waals surface area (Å²) in [4.78, 5) is 35.5. The van der Waals surface area contributed by atoms with Crippen molar-refractivity contribution in [2.45, 2.75) is 12.8 Å². The van der Waals surface area contributed by atoms with Gasteiger partial charge in [0.05, 0.1) is 17.7 Å². The Morgan fingerprint density at radius 3 is 2.66 bits per heavy atom. The minimum atomic E-state index is -0.904. The fourth-order valence-corrected chi connectivity index (χ4v) is 3.26. The maximum Gasteiger partial charge on any atom is 0.311 e. The predicted molar refractivity (Wildman–Crippen MR) is 106 cm³/mol. The fraction of sp³-hybridized carbons (Fsp3) is 0.250. The highest BCUT2D eigenvalue weighted by molar-refractivity contribution is 6.04. The Kier molecular flexibility index (Phi) is 5.87. The van der Waals surface area contributed by atoms with Gasteiger partial charge in [-0.15, -0.1) is 0 Å². The van der Waals surface area contributed by atoms with Crippen molar-refractivity contribution >= 4 is 23.2 Å². The molecule has 9 nitrogen and oxygen atoms in total. The average molecular weight is 396 g/mol. The van der Waals surface area contributed by atoms with Crippen LogP contribution in [-0.4, -0.2) is 36.1 Å². The van der Waals surface area contributed by atoms with Crippen LogP contribution in [0.3, 0.4) is 0 Å². The van der Waals surface area contributed by atoms with E-state index in [4.69, 9.17) is 4.74 Å². The average Bonchev–Trinajstić information content (AvgIpc) is 3.13. The molecule has 0 aliphatic carbocycles. The number of hydrogen-bond acceptors (Lipinski definition) is 6. The van der Waals surface area contributed by atoms with E-state index in [1.807, 2.05) is 30.3 Å². The second-order valence-corrected chi connectivity index (χ2v) is 6.56. The molecule has 3 rings (SSSR count). The van der Waals surface area contributed by atoms with Gasteiger partial charge < -0.3 is 10.1 Å². The lowest BCUT2D eigenvalue weighted by Gasteiger charge is -2.15. The first-order valence-electron chi connectivity index (χ1n) is 8.92. The van der Waals surface area contributed by atoms with Crippen LogP contribution in [-0.2, 0) is 9.59 Å². The number of rotatable bonds is 6. The number of nitrogens with one attached hydrogen (secondary N) is 2. The van der Waals surface area contributed by atoms with Crippen molar-refractivity contribution in [1.82, 2.24) is 10.7 Å². The van der Waals surface area contributed by atoms with Crippen molar-refractivity contribution in [2.75, 3.05) is 13.7 Å². The Balaban J connectivity index is 1.78. The maximum atomic E-state index is 12.6. The highest BCUT2D eigenvalue weighted by Gasteiger charge is 2.41. The van der Waals surface area contributed by atoms with Gasteiger partial charge in [0.25, 0.3) is 5.91 Å². The van der Waals surface area contributed by atoms with Crippen LogP contribution in [0, 0.1) is 16.0 Å². The number of benzene rings is 2. The number of carbonyl (C=O) groups excluding carboxylic acids is 2. The minimum absolute atomic E-state index is 0.129. The predicted octanol–water partition coefficient (Wildman–Crippen LogP) is 1.97. The molecule has 0 bridgehead atoms. The zero-order chi connectivity index (χ0) is 21.0. The second kappa shape index (κ2) is 8.51. The molecule has 2 aromatic rings. The van der Waals surface area contributed by atoms with Crippen LogP contribution in [0.25, 0.3) is 0 Å². The van der Waals surface area contributed by atoms with Gasteiger partial charge in [-0.1, -0.05) is 30.3 Å². The van der Waals surface area contributed by atoms with Crippen molar-refractivity contribution in [2.24, 2.45) is 11.0 Å². The van der Waals surface area contributed by atoms with E-state index in [-0.39, 0.29) is 23.3 Å². The Labute approximate surface area is 166 Å². The van der Waals surface area contributed by atoms with Crippen molar-refractivity contribution in [3.05, 3.63) is 69.8 Å². The van der Waals surface area contributed by atoms with E-state index in [1.54, 1.807) is 13.0 Å². The number of methoxy groups -OCH3 is 1.